The summed E-state index contributed by atoms with van der Waals surface area (Å²) in [7, 11) is 1.55. The molecule has 0 bridgehead atoms. The number of ether oxygens (including phenoxy) is 1. The first-order chi connectivity index (χ1) is 7.28. The maximum atomic E-state index is 11.4. The van der Waals surface area contributed by atoms with Crippen LogP contribution in [-0.2, 0) is 9.53 Å². The van der Waals surface area contributed by atoms with Crippen LogP contribution in [0.15, 0.2) is 5.10 Å². The number of carbonyl (C=O) groups excluding carboxylic acids is 2. The largest absolute Gasteiger partial charge is 0.444 e. The third-order valence-corrected chi connectivity index (χ3v) is 1.85. The van der Waals surface area contributed by atoms with E-state index in [-0.39, 0.29) is 5.91 Å². The fourth-order valence-corrected chi connectivity index (χ4v) is 1.18. The zero-order valence-corrected chi connectivity index (χ0v) is 10.0. The first-order valence-corrected chi connectivity index (χ1v) is 5.12. The Bertz CT molecular complexity index is 331. The molecule has 0 aromatic heterocycles. The van der Waals surface area contributed by atoms with Gasteiger partial charge in [0.25, 0.3) is 0 Å². The summed E-state index contributed by atoms with van der Waals surface area (Å²) < 4.78 is 5.07. The molecule has 16 heavy (non-hydrogen) atoms. The lowest BCUT2D eigenvalue weighted by atomic mass is 10.2. The Hall–Kier alpha value is -1.59. The molecule has 0 aromatic carbocycles. The number of carbonyl (C=O) groups is 2. The van der Waals surface area contributed by atoms with Crippen molar-refractivity contribution in [2.24, 2.45) is 5.10 Å². The summed E-state index contributed by atoms with van der Waals surface area (Å²) in [5, 5.41) is 7.66. The second kappa shape index (κ2) is 4.51. The monoisotopic (exact) mass is 227 g/mol. The average molecular weight is 227 g/mol. The summed E-state index contributed by atoms with van der Waals surface area (Å²) >= 11 is 0. The van der Waals surface area contributed by atoms with E-state index in [1.54, 1.807) is 27.8 Å². The number of rotatable bonds is 0. The number of nitrogens with zero attached hydrogens (tertiary/aromatic N) is 2. The van der Waals surface area contributed by atoms with Crippen molar-refractivity contribution in [1.29, 1.82) is 0 Å². The van der Waals surface area contributed by atoms with Gasteiger partial charge in [0, 0.05) is 19.9 Å². The van der Waals surface area contributed by atoms with E-state index in [1.807, 2.05) is 0 Å². The van der Waals surface area contributed by atoms with Gasteiger partial charge in [-0.15, -0.1) is 0 Å². The van der Waals surface area contributed by atoms with Crippen molar-refractivity contribution in [3.8, 4) is 0 Å². The van der Waals surface area contributed by atoms with Crippen molar-refractivity contribution in [2.45, 2.75) is 39.2 Å². The maximum absolute atomic E-state index is 11.4. The lowest BCUT2D eigenvalue weighted by Gasteiger charge is -2.22. The Kier molecular flexibility index (Phi) is 3.51. The normalized spacial score (nSPS) is 16.9. The number of amides is 2. The Labute approximate surface area is 94.6 Å². The standard InChI is InChI=1S/C10H17N3O3/c1-10(2,3)16-9(15)11-7-5-6-8(14)13(4)12-7/h5-6H2,1-4H3,(H,11,12,15). The van der Waals surface area contributed by atoms with Gasteiger partial charge in [0.15, 0.2) is 0 Å². The van der Waals surface area contributed by atoms with E-state index in [0.29, 0.717) is 18.7 Å². The van der Waals surface area contributed by atoms with Gasteiger partial charge >= 0.3 is 6.09 Å². The van der Waals surface area contributed by atoms with Gasteiger partial charge in [-0.3, -0.25) is 10.1 Å². The topological polar surface area (TPSA) is 71.0 Å². The molecule has 1 heterocycles. The molecular weight excluding hydrogens is 210 g/mol. The highest BCUT2D eigenvalue weighted by atomic mass is 16.6. The molecule has 2 amide bonds. The molecule has 0 unspecified atom stereocenters. The summed E-state index contributed by atoms with van der Waals surface area (Å²) in [6.45, 7) is 5.35. The molecule has 0 spiro atoms. The van der Waals surface area contributed by atoms with E-state index in [0.717, 1.165) is 0 Å². The highest BCUT2D eigenvalue weighted by molar-refractivity contribution is 5.99. The molecule has 0 atom stereocenters. The minimum atomic E-state index is -0.547. The van der Waals surface area contributed by atoms with Crippen molar-refractivity contribution >= 4 is 17.8 Å². The molecule has 1 N–H and O–H groups in total. The first-order valence-electron chi connectivity index (χ1n) is 5.12. The predicted molar refractivity (Wildman–Crippen MR) is 58.8 cm³/mol. The molecule has 0 saturated carbocycles. The van der Waals surface area contributed by atoms with E-state index < -0.39 is 11.7 Å². The van der Waals surface area contributed by atoms with E-state index in [9.17, 15) is 9.59 Å². The fraction of sp³-hybridized carbons (Fsp3) is 0.700. The van der Waals surface area contributed by atoms with Crippen molar-refractivity contribution in [1.82, 2.24) is 10.3 Å². The lowest BCUT2D eigenvalue weighted by Crippen LogP contribution is -2.40. The van der Waals surface area contributed by atoms with Crippen LogP contribution in [0.5, 0.6) is 0 Å². The highest BCUT2D eigenvalue weighted by Gasteiger charge is 2.21. The van der Waals surface area contributed by atoms with Crippen LogP contribution in [0.4, 0.5) is 4.79 Å². The number of amidine groups is 1. The van der Waals surface area contributed by atoms with E-state index in [1.165, 1.54) is 5.01 Å². The van der Waals surface area contributed by atoms with Gasteiger partial charge in [0.05, 0.1) is 0 Å². The van der Waals surface area contributed by atoms with Crippen LogP contribution in [0, 0.1) is 0 Å². The molecule has 0 aromatic rings. The number of hydrogen-bond acceptors (Lipinski definition) is 4. The van der Waals surface area contributed by atoms with Gasteiger partial charge in [0.1, 0.15) is 11.4 Å². The van der Waals surface area contributed by atoms with Crippen molar-refractivity contribution in [2.75, 3.05) is 7.05 Å². The van der Waals surface area contributed by atoms with Crippen LogP contribution in [0.2, 0.25) is 0 Å². The average Bonchev–Trinajstić information content (AvgIpc) is 2.08. The Morgan fingerprint density at radius 1 is 1.44 bits per heavy atom. The van der Waals surface area contributed by atoms with Gasteiger partial charge < -0.3 is 4.74 Å². The van der Waals surface area contributed by atoms with Crippen molar-refractivity contribution < 1.29 is 14.3 Å². The molecular formula is C10H17N3O3. The summed E-state index contributed by atoms with van der Waals surface area (Å²) in [6, 6.07) is 0. The third-order valence-electron chi connectivity index (χ3n) is 1.85. The summed E-state index contributed by atoms with van der Waals surface area (Å²) in [4.78, 5) is 22.5. The van der Waals surface area contributed by atoms with Gasteiger partial charge in [-0.1, -0.05) is 0 Å². The van der Waals surface area contributed by atoms with Crippen LogP contribution >= 0.6 is 0 Å². The molecule has 0 aliphatic carbocycles. The van der Waals surface area contributed by atoms with Gasteiger partial charge in [0.2, 0.25) is 5.91 Å². The van der Waals surface area contributed by atoms with Crippen LogP contribution in [0.3, 0.4) is 0 Å². The zero-order valence-electron chi connectivity index (χ0n) is 10.0. The molecule has 0 saturated heterocycles. The molecule has 6 heteroatoms. The second-order valence-corrected chi connectivity index (χ2v) is 4.59. The molecule has 1 aliphatic rings. The number of alkyl carbamates (subject to hydrolysis) is 1. The van der Waals surface area contributed by atoms with Gasteiger partial charge in [-0.25, -0.2) is 9.80 Å². The van der Waals surface area contributed by atoms with E-state index in [2.05, 4.69) is 10.4 Å². The van der Waals surface area contributed by atoms with Crippen LogP contribution in [0.1, 0.15) is 33.6 Å². The number of hydrogen-bond donors (Lipinski definition) is 1. The Morgan fingerprint density at radius 3 is 2.56 bits per heavy atom. The highest BCUT2D eigenvalue weighted by Crippen LogP contribution is 2.08. The molecule has 1 rings (SSSR count). The molecule has 0 fully saturated rings. The quantitative estimate of drug-likeness (QED) is 0.673. The predicted octanol–water partition coefficient (Wildman–Crippen LogP) is 1.08. The van der Waals surface area contributed by atoms with Gasteiger partial charge in [-0.05, 0) is 20.8 Å². The van der Waals surface area contributed by atoms with E-state index >= 15 is 0 Å². The molecule has 6 nitrogen and oxygen atoms in total. The van der Waals surface area contributed by atoms with Crippen molar-refractivity contribution in [3.63, 3.8) is 0 Å². The fourth-order valence-electron chi connectivity index (χ4n) is 1.18. The smallest absolute Gasteiger partial charge is 0.413 e. The van der Waals surface area contributed by atoms with Crippen LogP contribution in [0.25, 0.3) is 0 Å². The lowest BCUT2D eigenvalue weighted by molar-refractivity contribution is -0.130. The first kappa shape index (κ1) is 12.5. The zero-order chi connectivity index (χ0) is 12.3. The number of nitrogens with one attached hydrogen (secondary N) is 1. The third kappa shape index (κ3) is 3.88. The molecule has 0 radical (unpaired) electrons. The SMILES string of the molecule is CN1N=C(NC(=O)OC(C)(C)C)CCC1=O. The Morgan fingerprint density at radius 2 is 2.06 bits per heavy atom. The van der Waals surface area contributed by atoms with Crippen LogP contribution in [-0.4, -0.2) is 35.5 Å². The summed E-state index contributed by atoms with van der Waals surface area (Å²) in [5.41, 5.74) is -0.541. The van der Waals surface area contributed by atoms with Crippen molar-refractivity contribution in [3.05, 3.63) is 0 Å². The Balaban J connectivity index is 2.52. The minimum Gasteiger partial charge on any atom is -0.444 e. The molecule has 90 valence electrons. The van der Waals surface area contributed by atoms with Crippen LogP contribution < -0.4 is 5.32 Å². The van der Waals surface area contributed by atoms with Gasteiger partial charge in [-0.2, -0.15) is 5.10 Å². The summed E-state index contributed by atoms with van der Waals surface area (Å²) in [6.07, 6.45) is 0.238. The summed E-state index contributed by atoms with van der Waals surface area (Å²) in [5.74, 6) is 0.395. The maximum Gasteiger partial charge on any atom is 0.413 e. The second-order valence-electron chi connectivity index (χ2n) is 4.59. The minimum absolute atomic E-state index is 0.0604. The van der Waals surface area contributed by atoms with E-state index in [4.69, 9.17) is 4.74 Å². The molecule has 1 aliphatic heterocycles. The number of hydrazone groups is 1.